The fraction of sp³-hybridized carbons (Fsp3) is 0.600. The highest BCUT2D eigenvalue weighted by atomic mass is 16.6. The molecule has 1 aliphatic rings. The normalized spacial score (nSPS) is 19.6. The molecular formula is C15H23N3O2. The topological polar surface area (TPSA) is 54.5 Å². The number of amides is 1. The Labute approximate surface area is 120 Å². The molecule has 0 aliphatic carbocycles. The van der Waals surface area contributed by atoms with Crippen molar-refractivity contribution < 1.29 is 9.53 Å². The molecule has 5 nitrogen and oxygen atoms in total. The summed E-state index contributed by atoms with van der Waals surface area (Å²) in [6.45, 7) is 6.52. The van der Waals surface area contributed by atoms with Crippen molar-refractivity contribution in [1.29, 1.82) is 0 Å². The van der Waals surface area contributed by atoms with E-state index < -0.39 is 5.60 Å². The largest absolute Gasteiger partial charge is 0.444 e. The number of alkyl carbamates (subject to hydrolysis) is 1. The Kier molecular flexibility index (Phi) is 4.47. The lowest BCUT2D eigenvalue weighted by molar-refractivity contribution is 0.0496. The van der Waals surface area contributed by atoms with Crippen LogP contribution in [-0.4, -0.2) is 29.4 Å². The highest BCUT2D eigenvalue weighted by Crippen LogP contribution is 2.22. The van der Waals surface area contributed by atoms with Crippen LogP contribution in [-0.2, 0) is 4.74 Å². The first-order valence-electron chi connectivity index (χ1n) is 7.12. The van der Waals surface area contributed by atoms with Gasteiger partial charge in [0.2, 0.25) is 0 Å². The summed E-state index contributed by atoms with van der Waals surface area (Å²) in [4.78, 5) is 18.3. The van der Waals surface area contributed by atoms with Crippen molar-refractivity contribution in [3.63, 3.8) is 0 Å². The van der Waals surface area contributed by atoms with Gasteiger partial charge < -0.3 is 15.0 Å². The molecule has 2 heterocycles. The van der Waals surface area contributed by atoms with Crippen molar-refractivity contribution in [3.05, 3.63) is 24.5 Å². The van der Waals surface area contributed by atoms with Gasteiger partial charge in [-0.1, -0.05) is 0 Å². The molecule has 1 unspecified atom stereocenters. The molecule has 1 aromatic rings. The molecule has 1 amide bonds. The van der Waals surface area contributed by atoms with E-state index in [0.29, 0.717) is 0 Å². The smallest absolute Gasteiger partial charge is 0.409 e. The third-order valence-electron chi connectivity index (χ3n) is 3.16. The van der Waals surface area contributed by atoms with Crippen LogP contribution in [0.2, 0.25) is 0 Å². The van der Waals surface area contributed by atoms with E-state index in [1.807, 2.05) is 39.1 Å². The summed E-state index contributed by atoms with van der Waals surface area (Å²) < 4.78 is 5.33. The number of pyridine rings is 1. The third kappa shape index (κ3) is 4.11. The Hall–Kier alpha value is -1.78. The summed E-state index contributed by atoms with van der Waals surface area (Å²) in [5, 5.41) is 2.96. The maximum absolute atomic E-state index is 11.9. The number of hydrogen-bond acceptors (Lipinski definition) is 4. The maximum Gasteiger partial charge on any atom is 0.409 e. The van der Waals surface area contributed by atoms with Gasteiger partial charge in [-0.05, 0) is 52.2 Å². The van der Waals surface area contributed by atoms with Crippen LogP contribution in [0.15, 0.2) is 24.5 Å². The number of aromatic nitrogens is 1. The van der Waals surface area contributed by atoms with E-state index in [1.165, 1.54) is 0 Å². The van der Waals surface area contributed by atoms with Crippen LogP contribution in [0.4, 0.5) is 10.5 Å². The van der Waals surface area contributed by atoms with E-state index in [4.69, 9.17) is 4.74 Å². The first-order chi connectivity index (χ1) is 9.46. The number of hydrogen-bond donors (Lipinski definition) is 1. The molecular weight excluding hydrogens is 254 g/mol. The Morgan fingerprint density at radius 3 is 2.90 bits per heavy atom. The van der Waals surface area contributed by atoms with Crippen molar-refractivity contribution in [3.8, 4) is 0 Å². The third-order valence-corrected chi connectivity index (χ3v) is 3.16. The van der Waals surface area contributed by atoms with E-state index in [0.717, 1.165) is 31.5 Å². The fourth-order valence-corrected chi connectivity index (χ4v) is 2.36. The summed E-state index contributed by atoms with van der Waals surface area (Å²) in [5.41, 5.74) is 0.561. The van der Waals surface area contributed by atoms with Crippen LogP contribution < -0.4 is 10.2 Å². The Balaban J connectivity index is 2.03. The predicted molar refractivity (Wildman–Crippen MR) is 78.6 cm³/mol. The number of ether oxygens (including phenoxy) is 1. The molecule has 2 rings (SSSR count). The molecule has 1 saturated heterocycles. The molecule has 0 spiro atoms. The second-order valence-electron chi connectivity index (χ2n) is 6.06. The predicted octanol–water partition coefficient (Wildman–Crippen LogP) is 2.92. The Morgan fingerprint density at radius 1 is 1.45 bits per heavy atom. The number of carbonyl (C=O) groups is 1. The molecule has 5 heteroatoms. The monoisotopic (exact) mass is 277 g/mol. The maximum atomic E-state index is 11.9. The van der Waals surface area contributed by atoms with Crippen LogP contribution in [0.5, 0.6) is 0 Å². The number of anilines is 1. The average molecular weight is 277 g/mol. The Bertz CT molecular complexity index is 442. The van der Waals surface area contributed by atoms with Gasteiger partial charge in [-0.25, -0.2) is 4.79 Å². The second kappa shape index (κ2) is 6.11. The van der Waals surface area contributed by atoms with Crippen molar-refractivity contribution in [2.24, 2.45) is 0 Å². The van der Waals surface area contributed by atoms with Gasteiger partial charge in [0.25, 0.3) is 0 Å². The quantitative estimate of drug-likeness (QED) is 0.903. The van der Waals surface area contributed by atoms with Gasteiger partial charge in [-0.2, -0.15) is 0 Å². The van der Waals surface area contributed by atoms with Crippen LogP contribution in [0.1, 0.15) is 40.0 Å². The van der Waals surface area contributed by atoms with E-state index >= 15 is 0 Å². The minimum absolute atomic E-state index is 0.0252. The lowest BCUT2D eigenvalue weighted by Gasteiger charge is -2.37. The van der Waals surface area contributed by atoms with Gasteiger partial charge in [0.1, 0.15) is 11.8 Å². The lowest BCUT2D eigenvalue weighted by Crippen LogP contribution is -2.52. The summed E-state index contributed by atoms with van der Waals surface area (Å²) in [6, 6.07) is 3.93. The molecule has 0 bridgehead atoms. The van der Waals surface area contributed by atoms with Crippen LogP contribution in [0.3, 0.4) is 0 Å². The van der Waals surface area contributed by atoms with Crippen LogP contribution in [0.25, 0.3) is 0 Å². The molecule has 0 aromatic carbocycles. The SMILES string of the molecule is CC(C)(C)OC(=O)NC1CCCCN1c1cccnc1. The highest BCUT2D eigenvalue weighted by molar-refractivity contribution is 5.69. The van der Waals surface area contributed by atoms with Gasteiger partial charge in [0.05, 0.1) is 11.9 Å². The summed E-state index contributed by atoms with van der Waals surface area (Å²) >= 11 is 0. The molecule has 1 N–H and O–H groups in total. The van der Waals surface area contributed by atoms with E-state index in [9.17, 15) is 4.79 Å². The van der Waals surface area contributed by atoms with Gasteiger partial charge >= 0.3 is 6.09 Å². The number of carbonyl (C=O) groups excluding carboxylic acids is 1. The molecule has 0 radical (unpaired) electrons. The first kappa shape index (κ1) is 14.6. The van der Waals surface area contributed by atoms with E-state index in [-0.39, 0.29) is 12.3 Å². The molecule has 20 heavy (non-hydrogen) atoms. The molecule has 1 aromatic heterocycles. The number of rotatable bonds is 2. The van der Waals surface area contributed by atoms with Gasteiger partial charge in [0, 0.05) is 12.7 Å². The van der Waals surface area contributed by atoms with Gasteiger partial charge in [0.15, 0.2) is 0 Å². The van der Waals surface area contributed by atoms with E-state index in [1.54, 1.807) is 6.20 Å². The molecule has 1 atom stereocenters. The first-order valence-corrected chi connectivity index (χ1v) is 7.12. The summed E-state index contributed by atoms with van der Waals surface area (Å²) in [6.07, 6.45) is 6.35. The molecule has 1 fully saturated rings. The highest BCUT2D eigenvalue weighted by Gasteiger charge is 2.26. The minimum atomic E-state index is -0.474. The van der Waals surface area contributed by atoms with Gasteiger partial charge in [-0.15, -0.1) is 0 Å². The summed E-state index contributed by atoms with van der Waals surface area (Å²) in [5.74, 6) is 0. The van der Waals surface area contributed by atoms with Crippen molar-refractivity contribution >= 4 is 11.8 Å². The molecule has 1 aliphatic heterocycles. The van der Waals surface area contributed by atoms with Crippen LogP contribution >= 0.6 is 0 Å². The van der Waals surface area contributed by atoms with Gasteiger partial charge in [-0.3, -0.25) is 4.98 Å². The lowest BCUT2D eigenvalue weighted by atomic mass is 10.1. The minimum Gasteiger partial charge on any atom is -0.444 e. The zero-order valence-electron chi connectivity index (χ0n) is 12.4. The Morgan fingerprint density at radius 2 is 2.25 bits per heavy atom. The number of nitrogens with one attached hydrogen (secondary N) is 1. The standard InChI is InChI=1S/C15H23N3O2/c1-15(2,3)20-14(19)17-13-8-4-5-10-18(13)12-7-6-9-16-11-12/h6-7,9,11,13H,4-5,8,10H2,1-3H3,(H,17,19). The fourth-order valence-electron chi connectivity index (χ4n) is 2.36. The number of piperidine rings is 1. The second-order valence-corrected chi connectivity index (χ2v) is 6.06. The van der Waals surface area contributed by atoms with Crippen molar-refractivity contribution in [2.75, 3.05) is 11.4 Å². The summed E-state index contributed by atoms with van der Waals surface area (Å²) in [7, 11) is 0. The number of nitrogens with zero attached hydrogens (tertiary/aromatic N) is 2. The zero-order valence-corrected chi connectivity index (χ0v) is 12.4. The van der Waals surface area contributed by atoms with Crippen molar-refractivity contribution in [1.82, 2.24) is 10.3 Å². The molecule has 110 valence electrons. The zero-order chi connectivity index (χ0) is 14.6. The van der Waals surface area contributed by atoms with E-state index in [2.05, 4.69) is 15.2 Å². The van der Waals surface area contributed by atoms with Crippen LogP contribution in [0, 0.1) is 0 Å². The average Bonchev–Trinajstić information content (AvgIpc) is 2.38. The molecule has 0 saturated carbocycles. The van der Waals surface area contributed by atoms with Crippen molar-refractivity contribution in [2.45, 2.75) is 51.8 Å².